The number of benzene rings is 15. The Hall–Kier alpha value is -14.3. The van der Waals surface area contributed by atoms with Crippen molar-refractivity contribution in [2.24, 2.45) is 0 Å². The fraction of sp³-hybridized carbons (Fsp3) is 0. The maximum absolute atomic E-state index is 6.44. The monoisotopic (exact) mass is 1390 g/mol. The highest BCUT2D eigenvalue weighted by atomic mass is 32.1. The van der Waals surface area contributed by atoms with Gasteiger partial charge in [0.2, 0.25) is 5.95 Å². The summed E-state index contributed by atoms with van der Waals surface area (Å²) in [6, 6.07) is 122. The lowest BCUT2D eigenvalue weighted by atomic mass is 9.98. The molecule has 0 unspecified atom stereocenters. The van der Waals surface area contributed by atoms with Crippen molar-refractivity contribution < 1.29 is 8.83 Å². The van der Waals surface area contributed by atoms with Gasteiger partial charge in [-0.05, 0) is 95.1 Å². The normalized spacial score (nSPS) is 11.7. The highest BCUT2D eigenvalue weighted by molar-refractivity contribution is 7.26. The fourth-order valence-electron chi connectivity index (χ4n) is 15.6. The molecule has 0 amide bonds. The van der Waals surface area contributed by atoms with Crippen molar-refractivity contribution in [3.8, 4) is 102 Å². The molecule has 0 N–H and O–H groups in total. The number of rotatable bonds is 10. The van der Waals surface area contributed by atoms with Crippen molar-refractivity contribution >= 4 is 119 Å². The van der Waals surface area contributed by atoms with E-state index in [1.165, 1.54) is 30.9 Å². The van der Waals surface area contributed by atoms with Crippen LogP contribution in [0.25, 0.3) is 210 Å². The Balaban J connectivity index is 0.000000138. The average molecular weight is 1390 g/mol. The van der Waals surface area contributed by atoms with E-state index in [0.29, 0.717) is 35.1 Å². The molecule has 7 aromatic heterocycles. The fourth-order valence-corrected chi connectivity index (χ4v) is 16.8. The SMILES string of the molecule is c1ccc(-c2nc(-c3cccc4c3sc3ccccc34)nc(-n3c4ccccc4c4cc(-c5cccc6c5oc5ccccc56)ccc43)n2)cc1.c1ccc(-c2nc(-c3ccccc3)nc(-c3ccccc3-c3ccc(-n4c5ccccc5c5cc(-c6cccc7c6oc6ccccc67)ccc54)cc3)n2)cc1. The number of fused-ring (bicyclic) bond motifs is 15. The van der Waals surface area contributed by atoms with Crippen LogP contribution in [-0.2, 0) is 0 Å². The summed E-state index contributed by atoms with van der Waals surface area (Å²) in [7, 11) is 0. The molecule has 0 bridgehead atoms. The maximum Gasteiger partial charge on any atom is 0.238 e. The molecule has 22 rings (SSSR count). The van der Waals surface area contributed by atoms with E-state index in [1.54, 1.807) is 11.3 Å². The van der Waals surface area contributed by atoms with Crippen LogP contribution in [0.3, 0.4) is 0 Å². The Labute approximate surface area is 616 Å². The largest absolute Gasteiger partial charge is 0.455 e. The Kier molecular flexibility index (Phi) is 14.5. The number of furan rings is 2. The minimum absolute atomic E-state index is 0.579. The van der Waals surface area contributed by atoms with Crippen LogP contribution in [0.5, 0.6) is 0 Å². The summed E-state index contributed by atoms with van der Waals surface area (Å²) in [6.45, 7) is 0. The van der Waals surface area contributed by atoms with Crippen LogP contribution in [0.4, 0.5) is 0 Å². The van der Waals surface area contributed by atoms with Crippen LogP contribution in [-0.4, -0.2) is 39.0 Å². The van der Waals surface area contributed by atoms with E-state index < -0.39 is 0 Å². The van der Waals surface area contributed by atoms with Gasteiger partial charge in [-0.3, -0.25) is 4.57 Å². The molecule has 15 aromatic carbocycles. The molecule has 10 nitrogen and oxygen atoms in total. The van der Waals surface area contributed by atoms with E-state index in [4.69, 9.17) is 38.7 Å². The van der Waals surface area contributed by atoms with Crippen molar-refractivity contribution in [3.05, 3.63) is 352 Å². The number of hydrogen-bond acceptors (Lipinski definition) is 9. The quantitative estimate of drug-likeness (QED) is 0.133. The second kappa shape index (κ2) is 25.3. The van der Waals surface area contributed by atoms with E-state index in [9.17, 15) is 0 Å². The molecule has 0 fully saturated rings. The predicted octanol–water partition coefficient (Wildman–Crippen LogP) is 25.4. The predicted molar refractivity (Wildman–Crippen MR) is 439 cm³/mol. The molecule has 0 aliphatic carbocycles. The Morgan fingerprint density at radius 2 is 0.607 bits per heavy atom. The van der Waals surface area contributed by atoms with Crippen molar-refractivity contribution in [1.82, 2.24) is 39.0 Å². The molecular weight excluding hydrogens is 1330 g/mol. The standard InChI is InChI=1S/C51H32N4O.C45H26N4OS/c1-3-14-34(15-4-1)49-52-50(35-16-5-2-6-17-35)54-51(53-49)43-21-8-7-18-38(43)33-26-29-37(30-27-33)55-45-24-11-9-19-40(45)44-32-36(28-31-46(44)55)39-22-13-23-42-41-20-10-12-25-47(41)56-48(39)42;1-2-12-27(13-3-1)43-46-44(35-20-11-19-34-32-16-6-9-23-40(32)51-42(34)35)48-45(47-43)49-37-21-7-4-14-30(37)36-26-28(24-25-38(36)49)29-17-10-18-33-31-15-5-8-22-39(31)50-41(29)33/h1-32H;1-26H. The van der Waals surface area contributed by atoms with Gasteiger partial charge in [-0.1, -0.05) is 279 Å². The second-order valence-corrected chi connectivity index (χ2v) is 27.8. The first kappa shape index (κ1) is 61.4. The zero-order chi connectivity index (χ0) is 70.5. The molecule has 0 atom stereocenters. The molecule has 7 heterocycles. The van der Waals surface area contributed by atoms with E-state index in [1.807, 2.05) is 109 Å². The Morgan fingerprint density at radius 3 is 1.18 bits per heavy atom. The van der Waals surface area contributed by atoms with Gasteiger partial charge in [0.15, 0.2) is 29.1 Å². The first-order chi connectivity index (χ1) is 53.0. The summed E-state index contributed by atoms with van der Waals surface area (Å²) in [5.41, 5.74) is 20.3. The summed E-state index contributed by atoms with van der Waals surface area (Å²) < 4.78 is 19.8. The molecule has 0 saturated heterocycles. The first-order valence-electron chi connectivity index (χ1n) is 35.7. The molecule has 22 aromatic rings. The van der Waals surface area contributed by atoms with Gasteiger partial charge in [0.1, 0.15) is 22.3 Å². The third-order valence-corrected chi connectivity index (χ3v) is 21.8. The van der Waals surface area contributed by atoms with Gasteiger partial charge in [-0.25, -0.2) is 19.9 Å². The number of aromatic nitrogens is 8. The number of thiophene rings is 1. The molecule has 0 aliphatic heterocycles. The van der Waals surface area contributed by atoms with Gasteiger partial charge in [-0.2, -0.15) is 9.97 Å². The van der Waals surface area contributed by atoms with Crippen LogP contribution in [0.1, 0.15) is 0 Å². The molecule has 107 heavy (non-hydrogen) atoms. The van der Waals surface area contributed by atoms with E-state index >= 15 is 0 Å². The number of hydrogen-bond donors (Lipinski definition) is 0. The molecule has 0 radical (unpaired) electrons. The lowest BCUT2D eigenvalue weighted by molar-refractivity contribution is 0.669. The van der Waals surface area contributed by atoms with E-state index in [0.717, 1.165) is 144 Å². The van der Waals surface area contributed by atoms with Crippen LogP contribution < -0.4 is 0 Å². The topological polar surface area (TPSA) is 113 Å². The van der Waals surface area contributed by atoms with Gasteiger partial charge < -0.3 is 13.4 Å². The maximum atomic E-state index is 6.44. The third kappa shape index (κ3) is 10.5. The molecule has 11 heteroatoms. The molecule has 0 aliphatic rings. The summed E-state index contributed by atoms with van der Waals surface area (Å²) in [5.74, 6) is 3.78. The summed E-state index contributed by atoms with van der Waals surface area (Å²) in [4.78, 5) is 30.5. The van der Waals surface area contributed by atoms with Gasteiger partial charge in [-0.15, -0.1) is 11.3 Å². The van der Waals surface area contributed by atoms with Crippen molar-refractivity contribution in [2.75, 3.05) is 0 Å². The van der Waals surface area contributed by atoms with Crippen molar-refractivity contribution in [3.63, 3.8) is 0 Å². The highest BCUT2D eigenvalue weighted by Gasteiger charge is 2.24. The van der Waals surface area contributed by atoms with Gasteiger partial charge in [0.25, 0.3) is 0 Å². The number of nitrogens with zero attached hydrogens (tertiary/aromatic N) is 8. The van der Waals surface area contributed by atoms with Gasteiger partial charge >= 0.3 is 0 Å². The molecule has 500 valence electrons. The zero-order valence-electron chi connectivity index (χ0n) is 57.3. The smallest absolute Gasteiger partial charge is 0.238 e. The van der Waals surface area contributed by atoms with Crippen molar-refractivity contribution in [1.29, 1.82) is 0 Å². The second-order valence-electron chi connectivity index (χ2n) is 26.8. The summed E-state index contributed by atoms with van der Waals surface area (Å²) in [5, 5.41) is 11.6. The van der Waals surface area contributed by atoms with E-state index in [2.05, 4.69) is 252 Å². The van der Waals surface area contributed by atoms with Crippen LogP contribution in [0.15, 0.2) is 361 Å². The highest BCUT2D eigenvalue weighted by Crippen LogP contribution is 2.45. The molecule has 0 spiro atoms. The minimum Gasteiger partial charge on any atom is -0.455 e. The van der Waals surface area contributed by atoms with Gasteiger partial charge in [0, 0.05) is 108 Å². The number of para-hydroxylation sites is 6. The Bertz CT molecular complexity index is 7200. The minimum atomic E-state index is 0.579. The van der Waals surface area contributed by atoms with Crippen LogP contribution in [0, 0.1) is 0 Å². The van der Waals surface area contributed by atoms with E-state index in [-0.39, 0.29) is 0 Å². The average Bonchev–Trinajstić information content (AvgIpc) is 1.62. The molecular formula is C96H58N8O2S. The van der Waals surface area contributed by atoms with Gasteiger partial charge in [0.05, 0.1) is 22.1 Å². The summed E-state index contributed by atoms with van der Waals surface area (Å²) in [6.07, 6.45) is 0. The summed E-state index contributed by atoms with van der Waals surface area (Å²) >= 11 is 1.78. The lowest BCUT2D eigenvalue weighted by Gasteiger charge is -2.13. The Morgan fingerprint density at radius 1 is 0.224 bits per heavy atom. The third-order valence-electron chi connectivity index (χ3n) is 20.6. The van der Waals surface area contributed by atoms with Crippen LogP contribution >= 0.6 is 11.3 Å². The lowest BCUT2D eigenvalue weighted by Crippen LogP contribution is -2.06. The van der Waals surface area contributed by atoms with Crippen molar-refractivity contribution in [2.45, 2.75) is 0 Å². The zero-order valence-corrected chi connectivity index (χ0v) is 58.1. The molecule has 0 saturated carbocycles. The first-order valence-corrected chi connectivity index (χ1v) is 36.5. The van der Waals surface area contributed by atoms with Crippen LogP contribution in [0.2, 0.25) is 0 Å².